The number of aromatic carboxylic acids is 1. The van der Waals surface area contributed by atoms with Crippen LogP contribution in [0.1, 0.15) is 10.5 Å². The van der Waals surface area contributed by atoms with Gasteiger partial charge in [0.1, 0.15) is 0 Å². The minimum absolute atomic E-state index is 0.226. The highest BCUT2D eigenvalue weighted by molar-refractivity contribution is 5.91. The van der Waals surface area contributed by atoms with Crippen molar-refractivity contribution >= 4 is 11.8 Å². The summed E-state index contributed by atoms with van der Waals surface area (Å²) in [6.07, 6.45) is 0.996. The third-order valence-corrected chi connectivity index (χ3v) is 2.60. The minimum atomic E-state index is -1.71. The molecule has 0 unspecified atom stereocenters. The van der Waals surface area contributed by atoms with Crippen molar-refractivity contribution in [3.8, 4) is 17.0 Å². The summed E-state index contributed by atoms with van der Waals surface area (Å²) < 4.78 is 44.8. The Morgan fingerprint density at radius 3 is 2.57 bits per heavy atom. The molecule has 0 amide bonds. The van der Waals surface area contributed by atoms with Gasteiger partial charge < -0.3 is 15.6 Å². The molecule has 2 rings (SSSR count). The van der Waals surface area contributed by atoms with E-state index >= 15 is 0 Å². The van der Waals surface area contributed by atoms with Crippen LogP contribution in [0.3, 0.4) is 0 Å². The molecule has 0 aliphatic carbocycles. The number of rotatable bonds is 3. The quantitative estimate of drug-likeness (QED) is 0.839. The summed E-state index contributed by atoms with van der Waals surface area (Å²) in [5, 5.41) is 8.89. The van der Waals surface area contributed by atoms with Crippen LogP contribution >= 0.6 is 0 Å². The zero-order chi connectivity index (χ0) is 15.7. The van der Waals surface area contributed by atoms with E-state index < -0.39 is 34.9 Å². The van der Waals surface area contributed by atoms with Crippen LogP contribution in [0.2, 0.25) is 0 Å². The number of aromatic nitrogens is 2. The molecule has 6 nitrogen and oxygen atoms in total. The molecule has 0 aliphatic rings. The Morgan fingerprint density at radius 1 is 1.33 bits per heavy atom. The van der Waals surface area contributed by atoms with E-state index in [1.165, 1.54) is 0 Å². The molecule has 0 bridgehead atoms. The molecular weight excluding hydrogens is 291 g/mol. The molecule has 1 heterocycles. The second-order valence-corrected chi connectivity index (χ2v) is 3.86. The molecule has 0 fully saturated rings. The van der Waals surface area contributed by atoms with E-state index in [2.05, 4.69) is 14.7 Å². The van der Waals surface area contributed by atoms with Crippen LogP contribution < -0.4 is 10.5 Å². The number of ether oxygens (including phenoxy) is 1. The fraction of sp³-hybridized carbons (Fsp3) is 0.0833. The third kappa shape index (κ3) is 2.45. The van der Waals surface area contributed by atoms with Crippen molar-refractivity contribution in [3.63, 3.8) is 0 Å². The summed E-state index contributed by atoms with van der Waals surface area (Å²) in [6, 6.07) is 0.628. The van der Waals surface area contributed by atoms with E-state index in [0.717, 1.165) is 13.3 Å². The van der Waals surface area contributed by atoms with Gasteiger partial charge in [-0.25, -0.2) is 23.5 Å². The molecule has 0 saturated heterocycles. The fourth-order valence-corrected chi connectivity index (χ4v) is 1.65. The number of benzene rings is 1. The van der Waals surface area contributed by atoms with Crippen molar-refractivity contribution in [3.05, 3.63) is 35.4 Å². The number of methoxy groups -OCH3 is 1. The van der Waals surface area contributed by atoms with Gasteiger partial charge in [0.15, 0.2) is 28.9 Å². The molecule has 1 aromatic carbocycles. The average molecular weight is 299 g/mol. The average Bonchev–Trinajstić information content (AvgIpc) is 2.44. The van der Waals surface area contributed by atoms with Gasteiger partial charge in [0, 0.05) is 0 Å². The largest absolute Gasteiger partial charge is 0.493 e. The van der Waals surface area contributed by atoms with Crippen LogP contribution in [0.15, 0.2) is 12.3 Å². The van der Waals surface area contributed by atoms with E-state index in [1.807, 2.05) is 0 Å². The van der Waals surface area contributed by atoms with E-state index in [1.54, 1.807) is 0 Å². The van der Waals surface area contributed by atoms with E-state index in [9.17, 15) is 18.0 Å². The normalized spacial score (nSPS) is 10.5. The number of nitrogens with zero attached hydrogens (tertiary/aromatic N) is 2. The summed E-state index contributed by atoms with van der Waals surface area (Å²) in [6.45, 7) is 0. The molecule has 110 valence electrons. The van der Waals surface area contributed by atoms with Crippen LogP contribution in [0.25, 0.3) is 11.3 Å². The zero-order valence-electron chi connectivity index (χ0n) is 10.5. The molecule has 0 aliphatic heterocycles. The van der Waals surface area contributed by atoms with Gasteiger partial charge in [-0.2, -0.15) is 4.39 Å². The van der Waals surface area contributed by atoms with Gasteiger partial charge in [0.25, 0.3) is 0 Å². The van der Waals surface area contributed by atoms with Crippen molar-refractivity contribution in [1.29, 1.82) is 0 Å². The second kappa shape index (κ2) is 5.27. The Bertz CT molecular complexity index is 737. The van der Waals surface area contributed by atoms with Crippen molar-refractivity contribution in [2.45, 2.75) is 0 Å². The molecule has 0 spiro atoms. The van der Waals surface area contributed by atoms with Crippen molar-refractivity contribution in [2.24, 2.45) is 0 Å². The predicted molar refractivity (Wildman–Crippen MR) is 65.3 cm³/mol. The van der Waals surface area contributed by atoms with Gasteiger partial charge >= 0.3 is 5.97 Å². The van der Waals surface area contributed by atoms with Crippen molar-refractivity contribution in [2.75, 3.05) is 12.8 Å². The van der Waals surface area contributed by atoms with Crippen LogP contribution in [0.5, 0.6) is 5.75 Å². The second-order valence-electron chi connectivity index (χ2n) is 3.86. The van der Waals surface area contributed by atoms with Crippen LogP contribution in [0.4, 0.5) is 19.0 Å². The highest BCUT2D eigenvalue weighted by Crippen LogP contribution is 2.34. The molecule has 2 aromatic rings. The summed E-state index contributed by atoms with van der Waals surface area (Å²) in [5.74, 6) is -7.19. The van der Waals surface area contributed by atoms with Crippen molar-refractivity contribution in [1.82, 2.24) is 9.97 Å². The molecule has 0 atom stereocenters. The van der Waals surface area contributed by atoms with Crippen molar-refractivity contribution < 1.29 is 27.8 Å². The van der Waals surface area contributed by atoms with Crippen LogP contribution in [-0.4, -0.2) is 28.2 Å². The number of carbonyl (C=O) groups is 1. The summed E-state index contributed by atoms with van der Waals surface area (Å²) in [4.78, 5) is 18.1. The van der Waals surface area contributed by atoms with E-state index in [-0.39, 0.29) is 17.1 Å². The first-order valence-electron chi connectivity index (χ1n) is 5.44. The van der Waals surface area contributed by atoms with E-state index in [4.69, 9.17) is 10.8 Å². The van der Waals surface area contributed by atoms with Gasteiger partial charge in [0.05, 0.1) is 24.6 Å². The lowest BCUT2D eigenvalue weighted by Crippen LogP contribution is -2.09. The Kier molecular flexibility index (Phi) is 3.66. The minimum Gasteiger partial charge on any atom is -0.493 e. The Morgan fingerprint density at radius 2 is 2.00 bits per heavy atom. The lowest BCUT2D eigenvalue weighted by molar-refractivity contribution is 0.0691. The van der Waals surface area contributed by atoms with Crippen LogP contribution in [0, 0.1) is 17.5 Å². The molecular formula is C12H8F3N3O3. The maximum Gasteiger partial charge on any atom is 0.358 e. The number of hydrogen-bond donors (Lipinski definition) is 2. The number of nitrogen functional groups attached to an aromatic ring is 1. The SMILES string of the molecule is COc1c(-c2cnc(N)c(C(=O)O)n2)cc(F)c(F)c1F. The zero-order valence-corrected chi connectivity index (χ0v) is 10.5. The number of carboxylic acids is 1. The Hall–Kier alpha value is -2.84. The number of hydrogen-bond acceptors (Lipinski definition) is 5. The molecule has 9 heteroatoms. The van der Waals surface area contributed by atoms with Gasteiger partial charge in [-0.1, -0.05) is 0 Å². The highest BCUT2D eigenvalue weighted by atomic mass is 19.2. The maximum atomic E-state index is 13.6. The fourth-order valence-electron chi connectivity index (χ4n) is 1.65. The smallest absolute Gasteiger partial charge is 0.358 e. The standard InChI is InChI=1S/C12H8F3N3O3/c1-21-10-4(2-5(13)7(14)8(10)15)6-3-17-11(16)9(18-6)12(19)20/h2-3H,1H3,(H2,16,17)(H,19,20). The summed E-state index contributed by atoms with van der Waals surface area (Å²) in [5.41, 5.74) is 4.22. The third-order valence-electron chi connectivity index (χ3n) is 2.60. The lowest BCUT2D eigenvalue weighted by Gasteiger charge is -2.11. The lowest BCUT2D eigenvalue weighted by atomic mass is 10.1. The number of anilines is 1. The first-order chi connectivity index (χ1) is 9.86. The van der Waals surface area contributed by atoms with Gasteiger partial charge in [-0.05, 0) is 6.07 Å². The van der Waals surface area contributed by atoms with Gasteiger partial charge in [-0.15, -0.1) is 0 Å². The van der Waals surface area contributed by atoms with Gasteiger partial charge in [0.2, 0.25) is 5.82 Å². The molecule has 3 N–H and O–H groups in total. The number of carboxylic acid groups (broad SMARTS) is 1. The predicted octanol–water partition coefficient (Wildman–Crippen LogP) is 1.85. The topological polar surface area (TPSA) is 98.3 Å². The molecule has 1 aromatic heterocycles. The summed E-state index contributed by atoms with van der Waals surface area (Å²) >= 11 is 0. The first-order valence-corrected chi connectivity index (χ1v) is 5.44. The molecule has 21 heavy (non-hydrogen) atoms. The molecule has 0 saturated carbocycles. The highest BCUT2D eigenvalue weighted by Gasteiger charge is 2.23. The monoisotopic (exact) mass is 299 g/mol. The Balaban J connectivity index is 2.73. The summed E-state index contributed by atoms with van der Waals surface area (Å²) in [7, 11) is 1.04. The van der Waals surface area contributed by atoms with E-state index in [0.29, 0.717) is 6.07 Å². The van der Waals surface area contributed by atoms with Crippen LogP contribution in [-0.2, 0) is 0 Å². The number of nitrogens with two attached hydrogens (primary N) is 1. The van der Waals surface area contributed by atoms with Gasteiger partial charge in [-0.3, -0.25) is 0 Å². The molecule has 0 radical (unpaired) electrons. The number of halogens is 3. The Labute approximate surface area is 116 Å². The first kappa shape index (κ1) is 14.6. The maximum absolute atomic E-state index is 13.6.